The minimum Gasteiger partial charge on any atom is -0.0622 e. The van der Waals surface area contributed by atoms with Crippen LogP contribution in [0.15, 0.2) is 84.9 Å². The van der Waals surface area contributed by atoms with Crippen LogP contribution in [0, 0.1) is 44.4 Å². The van der Waals surface area contributed by atoms with E-state index in [4.69, 9.17) is 0 Å². The quantitative estimate of drug-likeness (QED) is 0.476. The summed E-state index contributed by atoms with van der Waals surface area (Å²) in [5.74, 6) is 1.25. The van der Waals surface area contributed by atoms with Gasteiger partial charge >= 0.3 is 0 Å². The molecule has 0 amide bonds. The van der Waals surface area contributed by atoms with E-state index in [0.717, 1.165) is 0 Å². The van der Waals surface area contributed by atoms with Crippen molar-refractivity contribution in [1.82, 2.24) is 0 Å². The molecular formula is C25H20P. The first kappa shape index (κ1) is 17.5. The second kappa shape index (κ2) is 8.65. The Labute approximate surface area is 159 Å². The smallest absolute Gasteiger partial charge is 0.0131 e. The van der Waals surface area contributed by atoms with Crippen molar-refractivity contribution in [2.45, 2.75) is 0 Å². The standard InChI is InChI=1S/C25H20P/c1-2-6-14-21(13-5-1)24-19-11-12-20-25(24)26(22-15-7-3-8-16-22)23-17-9-4-10-18-23/h1-20H. The molecule has 0 saturated heterocycles. The maximum atomic E-state index is 2.29. The third kappa shape index (κ3) is 3.92. The Morgan fingerprint density at radius 1 is 0.462 bits per heavy atom. The minimum absolute atomic E-state index is 0.609. The predicted octanol–water partition coefficient (Wildman–Crippen LogP) is 4.61. The Morgan fingerprint density at radius 3 is 1.54 bits per heavy atom. The molecule has 0 aliphatic heterocycles. The second-order valence-corrected chi connectivity index (χ2v) is 8.27. The van der Waals surface area contributed by atoms with Crippen LogP contribution in [0.1, 0.15) is 5.56 Å². The van der Waals surface area contributed by atoms with Crippen molar-refractivity contribution in [2.24, 2.45) is 0 Å². The summed E-state index contributed by atoms with van der Waals surface area (Å²) >= 11 is 0. The van der Waals surface area contributed by atoms with E-state index in [1.165, 1.54) is 27.4 Å². The lowest BCUT2D eigenvalue weighted by atomic mass is 9.92. The van der Waals surface area contributed by atoms with Gasteiger partial charge < -0.3 is 0 Å². The van der Waals surface area contributed by atoms with E-state index in [9.17, 15) is 0 Å². The average molecular weight is 351 g/mol. The predicted molar refractivity (Wildman–Crippen MR) is 113 cm³/mol. The van der Waals surface area contributed by atoms with Crippen molar-refractivity contribution >= 4 is 23.8 Å². The van der Waals surface area contributed by atoms with E-state index in [1.807, 2.05) is 0 Å². The summed E-state index contributed by atoms with van der Waals surface area (Å²) in [5, 5.41) is 4.15. The summed E-state index contributed by atoms with van der Waals surface area (Å²) < 4.78 is 0. The molecule has 0 aromatic heterocycles. The maximum Gasteiger partial charge on any atom is 0.0131 e. The highest BCUT2D eigenvalue weighted by Crippen LogP contribution is 2.37. The van der Waals surface area contributed by atoms with E-state index in [2.05, 4.69) is 123 Å². The highest BCUT2D eigenvalue weighted by Gasteiger charge is 2.24. The van der Waals surface area contributed by atoms with Crippen LogP contribution in [0.3, 0.4) is 0 Å². The highest BCUT2D eigenvalue weighted by molar-refractivity contribution is 7.79. The summed E-state index contributed by atoms with van der Waals surface area (Å²) in [4.78, 5) is 0. The molecular weight excluding hydrogens is 331 g/mol. The number of hydrogen-bond acceptors (Lipinski definition) is 0. The molecule has 3 aromatic carbocycles. The number of benzene rings is 3. The number of hydrogen-bond donors (Lipinski definition) is 0. The summed E-state index contributed by atoms with van der Waals surface area (Å²) in [6.07, 6.45) is 12.8. The fourth-order valence-corrected chi connectivity index (χ4v) is 5.65. The molecule has 26 heavy (non-hydrogen) atoms. The van der Waals surface area contributed by atoms with Gasteiger partial charge in [-0.05, 0) is 67.9 Å². The molecule has 1 aliphatic carbocycles. The van der Waals surface area contributed by atoms with Gasteiger partial charge in [0.25, 0.3) is 0 Å². The van der Waals surface area contributed by atoms with E-state index < -0.39 is 7.92 Å². The van der Waals surface area contributed by atoms with E-state index in [0.29, 0.717) is 0 Å². The molecule has 0 heterocycles. The zero-order valence-electron chi connectivity index (χ0n) is 14.5. The molecule has 125 valence electrons. The van der Waals surface area contributed by atoms with Crippen LogP contribution in [-0.4, -0.2) is 0 Å². The molecule has 7 radical (unpaired) electrons. The molecule has 0 nitrogen and oxygen atoms in total. The normalized spacial score (nSPS) is 15.7. The first-order valence-corrected chi connectivity index (χ1v) is 10.2. The summed E-state index contributed by atoms with van der Waals surface area (Å²) in [6, 6.07) is 30.5. The topological polar surface area (TPSA) is 0 Å². The van der Waals surface area contributed by atoms with Crippen LogP contribution in [0.4, 0.5) is 0 Å². The summed E-state index contributed by atoms with van der Waals surface area (Å²) in [6.45, 7) is 0. The van der Waals surface area contributed by atoms with Crippen molar-refractivity contribution in [2.75, 3.05) is 0 Å². The third-order valence-corrected chi connectivity index (χ3v) is 6.87. The lowest BCUT2D eigenvalue weighted by Gasteiger charge is -2.25. The lowest BCUT2D eigenvalue weighted by Crippen LogP contribution is -2.25. The van der Waals surface area contributed by atoms with Gasteiger partial charge in [-0.15, -0.1) is 0 Å². The Balaban J connectivity index is 1.82. The van der Waals surface area contributed by atoms with Gasteiger partial charge in [-0.2, -0.15) is 0 Å². The SMILES string of the molecule is [CH]1[CH][CH][CH][C](c2ccccc2P(c2ccccc2)c2ccccc2)[CH][CH]1. The average Bonchev–Trinajstić information content (AvgIpc) is 3.00. The maximum absolute atomic E-state index is 2.29. The first-order chi connectivity index (χ1) is 12.9. The van der Waals surface area contributed by atoms with Gasteiger partial charge in [0.1, 0.15) is 0 Å². The van der Waals surface area contributed by atoms with Gasteiger partial charge in [-0.25, -0.2) is 0 Å². The van der Waals surface area contributed by atoms with Gasteiger partial charge in [-0.1, -0.05) is 84.9 Å². The Kier molecular flexibility index (Phi) is 5.82. The van der Waals surface area contributed by atoms with Crippen molar-refractivity contribution in [3.8, 4) is 0 Å². The molecule has 4 rings (SSSR count). The largest absolute Gasteiger partial charge is 0.0622 e. The zero-order valence-corrected chi connectivity index (χ0v) is 15.4. The summed E-state index contributed by atoms with van der Waals surface area (Å²) in [7, 11) is -0.609. The molecule has 0 unspecified atom stereocenters. The van der Waals surface area contributed by atoms with Crippen molar-refractivity contribution in [3.05, 3.63) is 135 Å². The fourth-order valence-electron chi connectivity index (χ4n) is 3.18. The number of rotatable bonds is 4. The van der Waals surface area contributed by atoms with Crippen molar-refractivity contribution < 1.29 is 0 Å². The van der Waals surface area contributed by atoms with Crippen molar-refractivity contribution in [3.63, 3.8) is 0 Å². The molecule has 1 heteroatoms. The van der Waals surface area contributed by atoms with E-state index >= 15 is 0 Å². The van der Waals surface area contributed by atoms with Crippen LogP contribution in [0.5, 0.6) is 0 Å². The fraction of sp³-hybridized carbons (Fsp3) is 0. The van der Waals surface area contributed by atoms with Crippen LogP contribution in [0.25, 0.3) is 0 Å². The van der Waals surface area contributed by atoms with Gasteiger partial charge in [0.2, 0.25) is 0 Å². The Bertz CT molecular complexity index is 762. The molecule has 3 aromatic rings. The summed E-state index contributed by atoms with van der Waals surface area (Å²) in [5.41, 5.74) is 1.31. The van der Waals surface area contributed by atoms with Crippen LogP contribution in [-0.2, 0) is 0 Å². The molecule has 1 aliphatic rings. The zero-order chi connectivity index (χ0) is 17.6. The van der Waals surface area contributed by atoms with Gasteiger partial charge in [0, 0.05) is 5.92 Å². The Hall–Kier alpha value is -1.91. The molecule has 1 fully saturated rings. The van der Waals surface area contributed by atoms with E-state index in [-0.39, 0.29) is 0 Å². The Morgan fingerprint density at radius 2 is 0.962 bits per heavy atom. The lowest BCUT2D eigenvalue weighted by molar-refractivity contribution is 1.22. The van der Waals surface area contributed by atoms with Gasteiger partial charge in [-0.3, -0.25) is 0 Å². The van der Waals surface area contributed by atoms with Crippen LogP contribution >= 0.6 is 7.92 Å². The van der Waals surface area contributed by atoms with Gasteiger partial charge in [0.05, 0.1) is 0 Å². The van der Waals surface area contributed by atoms with Gasteiger partial charge in [0.15, 0.2) is 0 Å². The van der Waals surface area contributed by atoms with Crippen LogP contribution < -0.4 is 15.9 Å². The molecule has 0 bridgehead atoms. The molecule has 1 saturated carbocycles. The van der Waals surface area contributed by atoms with Crippen molar-refractivity contribution in [1.29, 1.82) is 0 Å². The third-order valence-electron chi connectivity index (χ3n) is 4.37. The minimum atomic E-state index is -0.609. The second-order valence-electron chi connectivity index (χ2n) is 6.08. The van der Waals surface area contributed by atoms with E-state index in [1.54, 1.807) is 0 Å². The first-order valence-electron chi connectivity index (χ1n) is 8.81. The monoisotopic (exact) mass is 351 g/mol. The molecule has 0 N–H and O–H groups in total. The highest BCUT2D eigenvalue weighted by atomic mass is 31.1. The molecule has 0 atom stereocenters. The molecule has 0 spiro atoms. The van der Waals surface area contributed by atoms with Crippen LogP contribution in [0.2, 0.25) is 0 Å².